The molecule has 0 saturated heterocycles. The topological polar surface area (TPSA) is 24.9 Å². The molecule has 1 heterocycles. The summed E-state index contributed by atoms with van der Waals surface area (Å²) in [7, 11) is 0. The molecular formula is C15H20N2S2. The van der Waals surface area contributed by atoms with Crippen molar-refractivity contribution < 1.29 is 0 Å². The monoisotopic (exact) mass is 292 g/mol. The summed E-state index contributed by atoms with van der Waals surface area (Å²) < 4.78 is 6.04. The summed E-state index contributed by atoms with van der Waals surface area (Å²) in [5.74, 6) is 0. The molecule has 0 unspecified atom stereocenters. The number of nitrogens with zero attached hydrogens (tertiary/aromatic N) is 1. The van der Waals surface area contributed by atoms with Gasteiger partial charge in [0.25, 0.3) is 0 Å². The van der Waals surface area contributed by atoms with Crippen molar-refractivity contribution in [2.45, 2.75) is 55.8 Å². The second kappa shape index (κ2) is 6.25. The molecule has 0 spiro atoms. The molecule has 1 saturated carbocycles. The van der Waals surface area contributed by atoms with Crippen molar-refractivity contribution >= 4 is 33.5 Å². The van der Waals surface area contributed by atoms with E-state index < -0.39 is 0 Å². The molecule has 2 aromatic rings. The van der Waals surface area contributed by atoms with E-state index in [2.05, 4.69) is 29.8 Å². The Kier molecular flexibility index (Phi) is 4.41. The minimum absolute atomic E-state index is 0.678. The molecule has 1 N–H and O–H groups in total. The van der Waals surface area contributed by atoms with Gasteiger partial charge in [-0.05, 0) is 48.9 Å². The number of thiazole rings is 1. The van der Waals surface area contributed by atoms with Crippen molar-refractivity contribution in [3.8, 4) is 0 Å². The predicted molar refractivity (Wildman–Crippen MR) is 84.9 cm³/mol. The van der Waals surface area contributed by atoms with E-state index in [1.165, 1.54) is 42.4 Å². The first-order chi connectivity index (χ1) is 9.35. The molecule has 0 atom stereocenters. The fraction of sp³-hybridized carbons (Fsp3) is 0.533. The van der Waals surface area contributed by atoms with Gasteiger partial charge in [0.2, 0.25) is 0 Å². The van der Waals surface area contributed by atoms with Gasteiger partial charge < -0.3 is 0 Å². The smallest absolute Gasteiger partial charge is 0.166 e. The van der Waals surface area contributed by atoms with Gasteiger partial charge in [-0.25, -0.2) is 4.98 Å². The van der Waals surface area contributed by atoms with Crippen LogP contribution < -0.4 is 4.72 Å². The molecule has 1 aliphatic carbocycles. The summed E-state index contributed by atoms with van der Waals surface area (Å²) in [4.78, 5) is 4.72. The van der Waals surface area contributed by atoms with E-state index in [4.69, 9.17) is 4.98 Å². The number of benzene rings is 1. The fourth-order valence-corrected chi connectivity index (χ4v) is 4.47. The molecule has 1 fully saturated rings. The third-order valence-corrected chi connectivity index (χ3v) is 5.81. The SMILES string of the molecule is CCc1ccc2sc(SNC3CCCCC3)nc2c1. The first-order valence-corrected chi connectivity index (χ1v) is 8.80. The van der Waals surface area contributed by atoms with E-state index in [1.54, 1.807) is 23.3 Å². The molecule has 102 valence electrons. The molecule has 0 bridgehead atoms. The first-order valence-electron chi connectivity index (χ1n) is 7.17. The minimum Gasteiger partial charge on any atom is -0.255 e. The molecule has 0 radical (unpaired) electrons. The summed E-state index contributed by atoms with van der Waals surface area (Å²) >= 11 is 3.52. The lowest BCUT2D eigenvalue weighted by molar-refractivity contribution is 0.423. The zero-order valence-electron chi connectivity index (χ0n) is 11.3. The molecule has 1 aromatic carbocycles. The maximum atomic E-state index is 4.72. The minimum atomic E-state index is 0.678. The van der Waals surface area contributed by atoms with Gasteiger partial charge in [0, 0.05) is 6.04 Å². The van der Waals surface area contributed by atoms with Crippen molar-refractivity contribution in [3.63, 3.8) is 0 Å². The first kappa shape index (κ1) is 13.4. The van der Waals surface area contributed by atoms with E-state index in [9.17, 15) is 0 Å². The zero-order valence-corrected chi connectivity index (χ0v) is 12.9. The lowest BCUT2D eigenvalue weighted by Crippen LogP contribution is -2.25. The Morgan fingerprint density at radius 2 is 2.16 bits per heavy atom. The van der Waals surface area contributed by atoms with Crippen LogP contribution in [0.1, 0.15) is 44.6 Å². The summed E-state index contributed by atoms with van der Waals surface area (Å²) in [6, 6.07) is 7.31. The Labute approximate surface area is 123 Å². The number of rotatable bonds is 4. The predicted octanol–water partition coefficient (Wildman–Crippen LogP) is 4.79. The van der Waals surface area contributed by atoms with Crippen LogP contribution in [0.2, 0.25) is 0 Å². The zero-order chi connectivity index (χ0) is 13.1. The highest BCUT2D eigenvalue weighted by Crippen LogP contribution is 2.30. The normalized spacial score (nSPS) is 17.1. The molecule has 4 heteroatoms. The van der Waals surface area contributed by atoms with Gasteiger partial charge in [-0.3, -0.25) is 4.72 Å². The van der Waals surface area contributed by atoms with E-state index in [1.807, 2.05) is 0 Å². The van der Waals surface area contributed by atoms with Crippen LogP contribution in [0.25, 0.3) is 10.2 Å². The Hall–Kier alpha value is -0.580. The highest BCUT2D eigenvalue weighted by atomic mass is 32.2. The standard InChI is InChI=1S/C15H20N2S2/c1-2-11-8-9-14-13(10-11)16-15(18-14)19-17-12-6-4-3-5-7-12/h8-10,12,17H,2-7H2,1H3. The quantitative estimate of drug-likeness (QED) is 0.820. The highest BCUT2D eigenvalue weighted by Gasteiger charge is 2.14. The van der Waals surface area contributed by atoms with E-state index >= 15 is 0 Å². The van der Waals surface area contributed by atoms with E-state index in [0.717, 1.165) is 16.3 Å². The van der Waals surface area contributed by atoms with Crippen molar-refractivity contribution in [1.82, 2.24) is 9.71 Å². The van der Waals surface area contributed by atoms with Crippen molar-refractivity contribution in [2.75, 3.05) is 0 Å². The van der Waals surface area contributed by atoms with Gasteiger partial charge in [-0.2, -0.15) is 0 Å². The van der Waals surface area contributed by atoms with Gasteiger partial charge in [-0.1, -0.05) is 32.3 Å². The van der Waals surface area contributed by atoms with Crippen LogP contribution in [0.5, 0.6) is 0 Å². The van der Waals surface area contributed by atoms with Crippen LogP contribution in [0.4, 0.5) is 0 Å². The lowest BCUT2D eigenvalue weighted by atomic mass is 9.96. The average Bonchev–Trinajstić information content (AvgIpc) is 2.88. The number of fused-ring (bicyclic) bond motifs is 1. The number of hydrogen-bond acceptors (Lipinski definition) is 4. The lowest BCUT2D eigenvalue weighted by Gasteiger charge is -2.21. The Bertz CT molecular complexity index is 544. The third-order valence-electron chi connectivity index (χ3n) is 3.76. The maximum absolute atomic E-state index is 4.72. The molecule has 2 nitrogen and oxygen atoms in total. The van der Waals surface area contributed by atoms with Gasteiger partial charge in [0.05, 0.1) is 10.2 Å². The second-order valence-electron chi connectivity index (χ2n) is 5.19. The van der Waals surface area contributed by atoms with E-state index in [-0.39, 0.29) is 0 Å². The molecule has 0 aliphatic heterocycles. The summed E-state index contributed by atoms with van der Waals surface area (Å²) in [5, 5.41) is 0. The number of nitrogens with one attached hydrogen (secondary N) is 1. The van der Waals surface area contributed by atoms with Crippen LogP contribution >= 0.6 is 23.3 Å². The Balaban J connectivity index is 1.67. The molecule has 0 amide bonds. The van der Waals surface area contributed by atoms with Gasteiger partial charge in [0.15, 0.2) is 4.34 Å². The van der Waals surface area contributed by atoms with Crippen molar-refractivity contribution in [1.29, 1.82) is 0 Å². The number of hydrogen-bond donors (Lipinski definition) is 1. The Morgan fingerprint density at radius 1 is 1.32 bits per heavy atom. The van der Waals surface area contributed by atoms with Crippen LogP contribution in [-0.4, -0.2) is 11.0 Å². The highest BCUT2D eigenvalue weighted by molar-refractivity contribution is 7.99. The van der Waals surface area contributed by atoms with Gasteiger partial charge >= 0.3 is 0 Å². The van der Waals surface area contributed by atoms with Gasteiger partial charge in [0.1, 0.15) is 0 Å². The summed E-state index contributed by atoms with van der Waals surface area (Å²) in [6.45, 7) is 2.19. The molecule has 3 rings (SSSR count). The summed E-state index contributed by atoms with van der Waals surface area (Å²) in [5.41, 5.74) is 2.52. The van der Waals surface area contributed by atoms with Crippen LogP contribution in [0.15, 0.2) is 22.5 Å². The molecule has 19 heavy (non-hydrogen) atoms. The summed E-state index contributed by atoms with van der Waals surface area (Å²) in [6.07, 6.45) is 7.87. The Morgan fingerprint density at radius 3 is 2.95 bits per heavy atom. The molecule has 1 aliphatic rings. The van der Waals surface area contributed by atoms with Crippen LogP contribution in [0, 0.1) is 0 Å². The van der Waals surface area contributed by atoms with Crippen LogP contribution in [0.3, 0.4) is 0 Å². The number of aromatic nitrogens is 1. The maximum Gasteiger partial charge on any atom is 0.166 e. The molecular weight excluding hydrogens is 272 g/mol. The van der Waals surface area contributed by atoms with Crippen molar-refractivity contribution in [3.05, 3.63) is 23.8 Å². The second-order valence-corrected chi connectivity index (χ2v) is 7.31. The van der Waals surface area contributed by atoms with Gasteiger partial charge in [-0.15, -0.1) is 11.3 Å². The third kappa shape index (κ3) is 3.30. The van der Waals surface area contributed by atoms with Crippen molar-refractivity contribution in [2.24, 2.45) is 0 Å². The number of aryl methyl sites for hydroxylation is 1. The largest absolute Gasteiger partial charge is 0.255 e. The molecule has 1 aromatic heterocycles. The fourth-order valence-electron chi connectivity index (χ4n) is 2.57. The average molecular weight is 292 g/mol. The van der Waals surface area contributed by atoms with E-state index in [0.29, 0.717) is 6.04 Å². The van der Waals surface area contributed by atoms with Crippen LogP contribution in [-0.2, 0) is 6.42 Å².